The summed E-state index contributed by atoms with van der Waals surface area (Å²) in [6.45, 7) is 10.8. The van der Waals surface area contributed by atoms with Crippen molar-refractivity contribution in [3.8, 4) is 0 Å². The zero-order valence-electron chi connectivity index (χ0n) is 13.3. The normalized spacial score (nSPS) is 12.6. The molecule has 0 rings (SSSR count). The van der Waals surface area contributed by atoms with Crippen molar-refractivity contribution >= 4 is 0 Å². The first-order chi connectivity index (χ1) is 8.66. The van der Waals surface area contributed by atoms with Gasteiger partial charge in [0.1, 0.15) is 0 Å². The molecule has 1 atom stereocenters. The van der Waals surface area contributed by atoms with Crippen LogP contribution in [0.25, 0.3) is 0 Å². The van der Waals surface area contributed by atoms with Crippen LogP contribution < -0.4 is 0 Å². The maximum Gasteiger partial charge on any atom is -0.0326 e. The highest BCUT2D eigenvalue weighted by molar-refractivity contribution is 4.87. The number of rotatable bonds is 13. The van der Waals surface area contributed by atoms with E-state index in [1.54, 1.807) is 0 Å². The molecular weight excluding hydrogens is 216 g/mol. The van der Waals surface area contributed by atoms with Gasteiger partial charge < -0.3 is 0 Å². The first-order valence-electron chi connectivity index (χ1n) is 8.31. The summed E-state index contributed by atoms with van der Waals surface area (Å²) in [5.41, 5.74) is 1.34. The molecule has 0 spiro atoms. The molecule has 0 aliphatic carbocycles. The van der Waals surface area contributed by atoms with Gasteiger partial charge in [0, 0.05) is 0 Å². The summed E-state index contributed by atoms with van der Waals surface area (Å²) in [5.74, 6) is 0.936. The Kier molecular flexibility index (Phi) is 13.0. The fourth-order valence-electron chi connectivity index (χ4n) is 2.51. The van der Waals surface area contributed by atoms with Crippen molar-refractivity contribution in [1.29, 1.82) is 0 Å². The van der Waals surface area contributed by atoms with Gasteiger partial charge in [-0.1, -0.05) is 83.6 Å². The number of unbranched alkanes of at least 4 members (excludes halogenated alkanes) is 7. The van der Waals surface area contributed by atoms with Crippen LogP contribution in [0.4, 0.5) is 0 Å². The molecule has 0 heterocycles. The fraction of sp³-hybridized carbons (Fsp3) is 0.889. The van der Waals surface area contributed by atoms with Crippen molar-refractivity contribution in [3.63, 3.8) is 0 Å². The zero-order chi connectivity index (χ0) is 13.6. The van der Waals surface area contributed by atoms with Crippen LogP contribution in [-0.4, -0.2) is 0 Å². The van der Waals surface area contributed by atoms with E-state index in [9.17, 15) is 0 Å². The van der Waals surface area contributed by atoms with Gasteiger partial charge in [-0.05, 0) is 25.7 Å². The smallest absolute Gasteiger partial charge is 0.0326 e. The number of allylic oxidation sites excluding steroid dienone is 1. The van der Waals surface area contributed by atoms with E-state index in [0.717, 1.165) is 5.92 Å². The van der Waals surface area contributed by atoms with Gasteiger partial charge in [0.15, 0.2) is 0 Å². The van der Waals surface area contributed by atoms with E-state index in [2.05, 4.69) is 27.4 Å². The molecule has 0 saturated carbocycles. The first kappa shape index (κ1) is 17.7. The van der Waals surface area contributed by atoms with Gasteiger partial charge in [-0.3, -0.25) is 0 Å². The van der Waals surface area contributed by atoms with Crippen LogP contribution in [-0.2, 0) is 0 Å². The molecule has 18 heavy (non-hydrogen) atoms. The molecule has 0 aliphatic heterocycles. The standard InChI is InChI=1S/C18H36/c1-5-6-7-8-9-10-11-15-18(4)16-13-12-14-17(2)3/h18H,2,5-16H2,1,3-4H3. The molecule has 0 aromatic heterocycles. The van der Waals surface area contributed by atoms with Crippen LogP contribution in [0.5, 0.6) is 0 Å². The van der Waals surface area contributed by atoms with Crippen LogP contribution in [0.15, 0.2) is 12.2 Å². The molecule has 0 aromatic rings. The Balaban J connectivity index is 3.16. The summed E-state index contributed by atoms with van der Waals surface area (Å²) < 4.78 is 0. The molecular formula is C18H36. The minimum Gasteiger partial charge on any atom is -0.100 e. The Bertz CT molecular complexity index is 180. The largest absolute Gasteiger partial charge is 0.100 e. The molecule has 0 saturated heterocycles. The maximum atomic E-state index is 3.96. The van der Waals surface area contributed by atoms with Crippen molar-refractivity contribution in [3.05, 3.63) is 12.2 Å². The van der Waals surface area contributed by atoms with E-state index in [4.69, 9.17) is 0 Å². The van der Waals surface area contributed by atoms with E-state index in [-0.39, 0.29) is 0 Å². The third-order valence-corrected chi connectivity index (χ3v) is 3.85. The second-order valence-electron chi connectivity index (χ2n) is 6.22. The molecule has 108 valence electrons. The summed E-state index contributed by atoms with van der Waals surface area (Å²) in [6.07, 6.45) is 16.9. The third-order valence-electron chi connectivity index (χ3n) is 3.85. The Hall–Kier alpha value is -0.260. The van der Waals surface area contributed by atoms with Crippen LogP contribution >= 0.6 is 0 Å². The van der Waals surface area contributed by atoms with Crippen LogP contribution in [0, 0.1) is 5.92 Å². The molecule has 0 amide bonds. The summed E-state index contributed by atoms with van der Waals surface area (Å²) in [5, 5.41) is 0. The topological polar surface area (TPSA) is 0 Å². The average Bonchev–Trinajstić information content (AvgIpc) is 2.33. The Labute approximate surface area is 116 Å². The Morgan fingerprint density at radius 3 is 1.89 bits per heavy atom. The van der Waals surface area contributed by atoms with Gasteiger partial charge in [0.25, 0.3) is 0 Å². The van der Waals surface area contributed by atoms with Crippen LogP contribution in [0.3, 0.4) is 0 Å². The highest BCUT2D eigenvalue weighted by atomic mass is 14.1. The lowest BCUT2D eigenvalue weighted by atomic mass is 9.96. The van der Waals surface area contributed by atoms with Gasteiger partial charge in [-0.15, -0.1) is 6.58 Å². The molecule has 0 nitrogen and oxygen atoms in total. The summed E-state index contributed by atoms with van der Waals surface area (Å²) in [6, 6.07) is 0. The Morgan fingerprint density at radius 1 is 0.833 bits per heavy atom. The lowest BCUT2D eigenvalue weighted by molar-refractivity contribution is 0.437. The highest BCUT2D eigenvalue weighted by Gasteiger charge is 2.02. The van der Waals surface area contributed by atoms with Gasteiger partial charge >= 0.3 is 0 Å². The predicted molar refractivity (Wildman–Crippen MR) is 85.1 cm³/mol. The average molecular weight is 252 g/mol. The summed E-state index contributed by atoms with van der Waals surface area (Å²) >= 11 is 0. The number of hydrogen-bond acceptors (Lipinski definition) is 0. The van der Waals surface area contributed by atoms with Gasteiger partial charge in [0.05, 0.1) is 0 Å². The van der Waals surface area contributed by atoms with Crippen molar-refractivity contribution in [2.24, 2.45) is 5.92 Å². The quantitative estimate of drug-likeness (QED) is 0.247. The predicted octanol–water partition coefficient (Wildman–Crippen LogP) is 6.90. The van der Waals surface area contributed by atoms with E-state index >= 15 is 0 Å². The molecule has 0 fully saturated rings. The molecule has 0 N–H and O–H groups in total. The molecule has 0 heteroatoms. The fourth-order valence-corrected chi connectivity index (χ4v) is 2.51. The van der Waals surface area contributed by atoms with Crippen molar-refractivity contribution in [2.75, 3.05) is 0 Å². The molecule has 0 bridgehead atoms. The minimum atomic E-state index is 0.936. The van der Waals surface area contributed by atoms with E-state index in [0.29, 0.717) is 0 Å². The van der Waals surface area contributed by atoms with E-state index in [1.807, 2.05) is 0 Å². The number of hydrogen-bond donors (Lipinski definition) is 0. The first-order valence-corrected chi connectivity index (χ1v) is 8.31. The summed E-state index contributed by atoms with van der Waals surface area (Å²) in [4.78, 5) is 0. The maximum absolute atomic E-state index is 3.96. The molecule has 1 unspecified atom stereocenters. The monoisotopic (exact) mass is 252 g/mol. The Morgan fingerprint density at radius 2 is 1.33 bits per heavy atom. The third kappa shape index (κ3) is 13.8. The summed E-state index contributed by atoms with van der Waals surface area (Å²) in [7, 11) is 0. The minimum absolute atomic E-state index is 0.936. The highest BCUT2D eigenvalue weighted by Crippen LogP contribution is 2.18. The van der Waals surface area contributed by atoms with Crippen molar-refractivity contribution in [2.45, 2.75) is 97.8 Å². The molecule has 0 aromatic carbocycles. The molecule has 0 aliphatic rings. The van der Waals surface area contributed by atoms with E-state index in [1.165, 1.54) is 82.6 Å². The second kappa shape index (κ2) is 13.2. The zero-order valence-corrected chi connectivity index (χ0v) is 13.3. The SMILES string of the molecule is C=C(C)CCCCC(C)CCCCCCCCC. The van der Waals surface area contributed by atoms with Crippen LogP contribution in [0.2, 0.25) is 0 Å². The lowest BCUT2D eigenvalue weighted by Gasteiger charge is -2.11. The van der Waals surface area contributed by atoms with Gasteiger partial charge in [-0.25, -0.2) is 0 Å². The van der Waals surface area contributed by atoms with Gasteiger partial charge in [0.2, 0.25) is 0 Å². The molecule has 0 radical (unpaired) electrons. The van der Waals surface area contributed by atoms with E-state index < -0.39 is 0 Å². The second-order valence-corrected chi connectivity index (χ2v) is 6.22. The van der Waals surface area contributed by atoms with Crippen LogP contribution in [0.1, 0.15) is 97.8 Å². The van der Waals surface area contributed by atoms with Gasteiger partial charge in [-0.2, -0.15) is 0 Å². The van der Waals surface area contributed by atoms with Crippen molar-refractivity contribution in [1.82, 2.24) is 0 Å². The van der Waals surface area contributed by atoms with Crippen molar-refractivity contribution < 1.29 is 0 Å². The lowest BCUT2D eigenvalue weighted by Crippen LogP contribution is -1.95.